The van der Waals surface area contributed by atoms with Crippen LogP contribution in [0, 0.1) is 0 Å². The normalized spacial score (nSPS) is 12.7. The molecule has 36 heavy (non-hydrogen) atoms. The van der Waals surface area contributed by atoms with E-state index in [1.165, 1.54) is 52.8 Å². The number of fused-ring (bicyclic) bond motifs is 6. The second-order valence-electron chi connectivity index (χ2n) is 10.6. The Morgan fingerprint density at radius 3 is 2.22 bits per heavy atom. The first kappa shape index (κ1) is 23.2. The van der Waals surface area contributed by atoms with E-state index in [0.717, 1.165) is 5.46 Å². The van der Waals surface area contributed by atoms with Crippen molar-refractivity contribution in [2.75, 3.05) is 0 Å². The van der Waals surface area contributed by atoms with Gasteiger partial charge >= 0.3 is 7.48 Å². The number of rotatable bonds is 5. The van der Waals surface area contributed by atoms with Crippen LogP contribution in [-0.2, 0) is 4.65 Å². The van der Waals surface area contributed by atoms with Crippen LogP contribution >= 0.6 is 11.3 Å². The van der Waals surface area contributed by atoms with Gasteiger partial charge in [0.05, 0.1) is 11.2 Å². The van der Waals surface area contributed by atoms with Crippen LogP contribution in [-0.4, -0.2) is 23.8 Å². The van der Waals surface area contributed by atoms with Gasteiger partial charge in [-0.1, -0.05) is 66.7 Å². The van der Waals surface area contributed by atoms with E-state index >= 15 is 0 Å². The van der Waals surface area contributed by atoms with Crippen LogP contribution in [0.15, 0.2) is 91.0 Å². The van der Waals surface area contributed by atoms with E-state index in [0.29, 0.717) is 0 Å². The van der Waals surface area contributed by atoms with Crippen molar-refractivity contribution in [3.63, 3.8) is 0 Å². The minimum absolute atomic E-state index is 0.721. The first-order valence-corrected chi connectivity index (χ1v) is 13.1. The van der Waals surface area contributed by atoms with Crippen molar-refractivity contribution in [1.82, 2.24) is 0 Å². The average Bonchev–Trinajstić information content (AvgIpc) is 3.25. The summed E-state index contributed by atoms with van der Waals surface area (Å²) in [6, 6.07) is 32.8. The quantitative estimate of drug-likeness (QED) is 0.198. The fourth-order valence-corrected chi connectivity index (χ4v) is 5.80. The highest BCUT2D eigenvalue weighted by Crippen LogP contribution is 2.37. The summed E-state index contributed by atoms with van der Waals surface area (Å²) in [6.07, 6.45) is 0. The maximum atomic E-state index is 10.5. The highest BCUT2D eigenvalue weighted by molar-refractivity contribution is 7.26. The van der Waals surface area contributed by atoms with E-state index < -0.39 is 11.2 Å². The van der Waals surface area contributed by atoms with Crippen LogP contribution in [0.3, 0.4) is 0 Å². The summed E-state index contributed by atoms with van der Waals surface area (Å²) < 4.78 is 8.61. The van der Waals surface area contributed by atoms with E-state index in [4.69, 9.17) is 4.65 Å². The Hall–Kier alpha value is -3.18. The van der Waals surface area contributed by atoms with Gasteiger partial charge in [-0.3, -0.25) is 0 Å². The van der Waals surface area contributed by atoms with Crippen molar-refractivity contribution < 1.29 is 9.76 Å². The van der Waals surface area contributed by atoms with Gasteiger partial charge in [0.25, 0.3) is 0 Å². The van der Waals surface area contributed by atoms with E-state index in [-0.39, 0.29) is 0 Å². The van der Waals surface area contributed by atoms with E-state index in [9.17, 15) is 5.11 Å². The summed E-state index contributed by atoms with van der Waals surface area (Å²) in [5.74, 6) is 0. The second-order valence-corrected chi connectivity index (χ2v) is 11.6. The molecule has 1 heterocycles. The molecule has 0 saturated heterocycles. The van der Waals surface area contributed by atoms with E-state index in [2.05, 4.69) is 91.0 Å². The first-order valence-electron chi connectivity index (χ1n) is 12.3. The molecule has 6 rings (SSSR count). The predicted octanol–water partition coefficient (Wildman–Crippen LogP) is 7.84. The van der Waals surface area contributed by atoms with Crippen molar-refractivity contribution in [3.05, 3.63) is 91.0 Å². The van der Waals surface area contributed by atoms with Gasteiger partial charge < -0.3 is 9.76 Å². The summed E-state index contributed by atoms with van der Waals surface area (Å²) >= 11 is 1.80. The van der Waals surface area contributed by atoms with E-state index in [1.54, 1.807) is 32.7 Å². The van der Waals surface area contributed by atoms with Crippen molar-refractivity contribution >= 4 is 66.0 Å². The zero-order valence-electron chi connectivity index (χ0n) is 21.0. The molecule has 0 fully saturated rings. The molecule has 0 aliphatic carbocycles. The summed E-state index contributed by atoms with van der Waals surface area (Å²) in [4.78, 5) is 0. The molecule has 0 unspecified atom stereocenters. The molecular weight excluding hydrogens is 459 g/mol. The summed E-state index contributed by atoms with van der Waals surface area (Å²) in [5.41, 5.74) is 1.74. The highest BCUT2D eigenvalue weighted by atomic mass is 32.1. The predicted molar refractivity (Wildman–Crippen MR) is 157 cm³/mol. The Morgan fingerprint density at radius 1 is 0.667 bits per heavy atom. The summed E-state index contributed by atoms with van der Waals surface area (Å²) in [6.45, 7) is 7.38. The molecule has 0 amide bonds. The molecule has 6 aromatic rings. The van der Waals surface area contributed by atoms with Crippen molar-refractivity contribution in [3.8, 4) is 11.1 Å². The molecule has 1 radical (unpaired) electrons. The van der Waals surface area contributed by atoms with Crippen molar-refractivity contribution in [2.24, 2.45) is 0 Å². The van der Waals surface area contributed by atoms with Gasteiger partial charge in [-0.2, -0.15) is 0 Å². The molecule has 0 saturated carbocycles. The maximum absolute atomic E-state index is 10.5. The summed E-state index contributed by atoms with van der Waals surface area (Å²) in [7, 11) is 1.81. The number of aliphatic hydroxyl groups is 1. The lowest BCUT2D eigenvalue weighted by molar-refractivity contribution is -0.0893. The fourth-order valence-electron chi connectivity index (χ4n) is 4.68. The van der Waals surface area contributed by atoms with Crippen LogP contribution in [0.2, 0.25) is 0 Å². The lowest BCUT2D eigenvalue weighted by Crippen LogP contribution is -2.49. The molecule has 177 valence electrons. The van der Waals surface area contributed by atoms with Crippen LogP contribution in [0.4, 0.5) is 0 Å². The van der Waals surface area contributed by atoms with Crippen molar-refractivity contribution in [2.45, 2.75) is 38.9 Å². The van der Waals surface area contributed by atoms with Gasteiger partial charge in [-0.25, -0.2) is 0 Å². The Morgan fingerprint density at radius 2 is 1.39 bits per heavy atom. The Bertz CT molecular complexity index is 1760. The Labute approximate surface area is 216 Å². The van der Waals surface area contributed by atoms with Crippen LogP contribution in [0.5, 0.6) is 0 Å². The molecule has 0 aliphatic rings. The van der Waals surface area contributed by atoms with Gasteiger partial charge in [0.2, 0.25) is 0 Å². The molecule has 0 bridgehead atoms. The molecule has 0 atom stereocenters. The average molecular weight is 487 g/mol. The monoisotopic (exact) mass is 487 g/mol. The van der Waals surface area contributed by atoms with E-state index in [1.807, 2.05) is 13.8 Å². The molecular formula is C32H28BO2S. The minimum Gasteiger partial charge on any atom is -0.427 e. The van der Waals surface area contributed by atoms with Gasteiger partial charge in [-0.05, 0) is 95.5 Å². The number of thiophene rings is 1. The smallest absolute Gasteiger partial charge is 0.331 e. The minimum atomic E-state index is -0.970. The zero-order valence-corrected chi connectivity index (χ0v) is 21.8. The standard InChI is InChI=1S/C32H28BO2S/c1-31(2,34)32(3,4)35-33-27-10-7-11-29-30(27)26-19-22(15-17-28(26)36-29)21-14-16-25-23(18-21)13-12-20-8-5-6-9-24(20)25/h5-19,34H,1-4H3. The molecule has 1 aromatic heterocycles. The largest absolute Gasteiger partial charge is 0.427 e. The van der Waals surface area contributed by atoms with Crippen LogP contribution < -0.4 is 5.46 Å². The molecule has 0 aliphatic heterocycles. The third-order valence-electron chi connectivity index (χ3n) is 7.56. The first-order chi connectivity index (χ1) is 17.2. The Balaban J connectivity index is 1.44. The number of benzene rings is 5. The van der Waals surface area contributed by atoms with Crippen LogP contribution in [0.25, 0.3) is 52.8 Å². The maximum Gasteiger partial charge on any atom is 0.331 e. The molecule has 2 nitrogen and oxygen atoms in total. The fraction of sp³-hybridized carbons (Fsp3) is 0.188. The third kappa shape index (κ3) is 3.90. The van der Waals surface area contributed by atoms with Gasteiger partial charge in [0.15, 0.2) is 0 Å². The van der Waals surface area contributed by atoms with Gasteiger partial charge in [0.1, 0.15) is 0 Å². The molecule has 0 spiro atoms. The lowest BCUT2D eigenvalue weighted by Gasteiger charge is -2.37. The van der Waals surface area contributed by atoms with Gasteiger partial charge in [0, 0.05) is 14.8 Å². The third-order valence-corrected chi connectivity index (χ3v) is 8.70. The van der Waals surface area contributed by atoms with Gasteiger partial charge in [-0.15, -0.1) is 11.3 Å². The summed E-state index contributed by atoms with van der Waals surface area (Å²) in [5, 5.41) is 18.0. The number of hydrogen-bond donors (Lipinski definition) is 1. The zero-order chi connectivity index (χ0) is 25.1. The Kier molecular flexibility index (Phi) is 5.45. The number of hydrogen-bond acceptors (Lipinski definition) is 3. The molecule has 1 N–H and O–H groups in total. The topological polar surface area (TPSA) is 29.5 Å². The highest BCUT2D eigenvalue weighted by Gasteiger charge is 2.35. The second kappa shape index (κ2) is 8.45. The van der Waals surface area contributed by atoms with Crippen molar-refractivity contribution in [1.29, 1.82) is 0 Å². The molecule has 5 aromatic carbocycles. The SMILES string of the molecule is CC(C)(O)C(C)(C)O[B]c1cccc2sc3ccc(-c4ccc5c(ccc6ccccc65)c4)cc3c12. The van der Waals surface area contributed by atoms with Crippen LogP contribution in [0.1, 0.15) is 27.7 Å². The molecule has 4 heteroatoms. The lowest BCUT2D eigenvalue weighted by atomic mass is 9.80.